The van der Waals surface area contributed by atoms with Crippen LogP contribution in [0.25, 0.3) is 11.5 Å². The molecule has 15 heavy (non-hydrogen) atoms. The summed E-state index contributed by atoms with van der Waals surface area (Å²) in [6, 6.07) is 0. The molecular formula is C8H10N4O2S. The van der Waals surface area contributed by atoms with Gasteiger partial charge in [0, 0.05) is 7.11 Å². The summed E-state index contributed by atoms with van der Waals surface area (Å²) >= 11 is 1.22. The Hall–Kier alpha value is -1.47. The lowest BCUT2D eigenvalue weighted by Gasteiger charge is -1.91. The highest BCUT2D eigenvalue weighted by Gasteiger charge is 2.17. The van der Waals surface area contributed by atoms with E-state index in [1.807, 2.05) is 6.92 Å². The molecule has 0 aliphatic heterocycles. The van der Waals surface area contributed by atoms with Gasteiger partial charge >= 0.3 is 0 Å². The maximum Gasteiger partial charge on any atom is 0.262 e. The molecule has 0 aliphatic carbocycles. The third kappa shape index (κ3) is 1.83. The Morgan fingerprint density at radius 1 is 1.53 bits per heavy atom. The van der Waals surface area contributed by atoms with Crippen molar-refractivity contribution in [1.82, 2.24) is 14.5 Å². The van der Waals surface area contributed by atoms with E-state index < -0.39 is 0 Å². The first-order chi connectivity index (χ1) is 7.22. The molecule has 0 bridgehead atoms. The number of ether oxygens (including phenoxy) is 1. The number of nitrogen functional groups attached to an aromatic ring is 1. The standard InChI is InChI=1S/C8H10N4O2S/c1-4-6(7(9)15-12-4)8-10-5(3-13-2)11-14-8/h3,9H2,1-2H3. The van der Waals surface area contributed by atoms with Gasteiger partial charge in [0.05, 0.1) is 11.3 Å². The predicted octanol–water partition coefficient (Wildman–Crippen LogP) is 1.23. The van der Waals surface area contributed by atoms with Crippen molar-refractivity contribution in [3.05, 3.63) is 11.5 Å². The summed E-state index contributed by atoms with van der Waals surface area (Å²) in [6.45, 7) is 2.17. The second-order valence-corrected chi connectivity index (χ2v) is 3.76. The Morgan fingerprint density at radius 2 is 2.33 bits per heavy atom. The van der Waals surface area contributed by atoms with E-state index in [0.717, 1.165) is 11.3 Å². The van der Waals surface area contributed by atoms with Crippen molar-refractivity contribution in [1.29, 1.82) is 0 Å². The van der Waals surface area contributed by atoms with E-state index in [2.05, 4.69) is 14.5 Å². The summed E-state index contributed by atoms with van der Waals surface area (Å²) in [5.74, 6) is 0.892. The second kappa shape index (κ2) is 3.95. The first-order valence-corrected chi connectivity index (χ1v) is 5.03. The molecule has 0 saturated heterocycles. The van der Waals surface area contributed by atoms with Gasteiger partial charge in [0.1, 0.15) is 11.6 Å². The Bertz CT molecular complexity index is 445. The zero-order chi connectivity index (χ0) is 10.8. The molecule has 0 fully saturated rings. The van der Waals surface area contributed by atoms with Gasteiger partial charge in [-0.1, -0.05) is 5.16 Å². The van der Waals surface area contributed by atoms with Gasteiger partial charge in [-0.25, -0.2) is 0 Å². The summed E-state index contributed by atoms with van der Waals surface area (Å²) in [7, 11) is 1.57. The second-order valence-electron chi connectivity index (χ2n) is 2.96. The van der Waals surface area contributed by atoms with Crippen LogP contribution in [0.1, 0.15) is 11.5 Å². The molecule has 0 aromatic carbocycles. The lowest BCUT2D eigenvalue weighted by atomic mass is 10.2. The molecule has 0 amide bonds. The topological polar surface area (TPSA) is 87.1 Å². The first kappa shape index (κ1) is 10.1. The summed E-state index contributed by atoms with van der Waals surface area (Å²) < 4.78 is 14.1. The van der Waals surface area contributed by atoms with E-state index in [9.17, 15) is 0 Å². The van der Waals surface area contributed by atoms with Gasteiger partial charge in [-0.2, -0.15) is 9.36 Å². The molecule has 7 heteroatoms. The van der Waals surface area contributed by atoms with Crippen molar-refractivity contribution < 1.29 is 9.26 Å². The molecule has 0 saturated carbocycles. The Morgan fingerprint density at radius 3 is 2.93 bits per heavy atom. The zero-order valence-electron chi connectivity index (χ0n) is 8.35. The Balaban J connectivity index is 2.37. The Labute approximate surface area is 90.2 Å². The fourth-order valence-electron chi connectivity index (χ4n) is 1.19. The molecule has 0 aliphatic rings. The SMILES string of the molecule is COCc1noc(-c2c(C)nsc2N)n1. The van der Waals surface area contributed by atoms with Crippen molar-refractivity contribution in [2.24, 2.45) is 0 Å². The molecule has 2 heterocycles. The molecule has 2 aromatic heterocycles. The third-order valence-electron chi connectivity index (χ3n) is 1.84. The van der Waals surface area contributed by atoms with Gasteiger partial charge in [-0.15, -0.1) is 0 Å². The van der Waals surface area contributed by atoms with Gasteiger partial charge in [0.25, 0.3) is 5.89 Å². The molecule has 0 atom stereocenters. The van der Waals surface area contributed by atoms with Crippen LogP contribution in [0.2, 0.25) is 0 Å². The number of aryl methyl sites for hydroxylation is 1. The van der Waals surface area contributed by atoms with E-state index in [-0.39, 0.29) is 0 Å². The van der Waals surface area contributed by atoms with Crippen LogP contribution in [0.3, 0.4) is 0 Å². The van der Waals surface area contributed by atoms with Crippen LogP contribution in [0.15, 0.2) is 4.52 Å². The van der Waals surface area contributed by atoms with Crippen LogP contribution in [0, 0.1) is 6.92 Å². The molecule has 2 aromatic rings. The van der Waals surface area contributed by atoms with Crippen molar-refractivity contribution in [3.8, 4) is 11.5 Å². The monoisotopic (exact) mass is 226 g/mol. The summed E-state index contributed by atoms with van der Waals surface area (Å²) in [4.78, 5) is 4.15. The number of hydrogen-bond acceptors (Lipinski definition) is 7. The van der Waals surface area contributed by atoms with Crippen LogP contribution in [0.4, 0.5) is 5.00 Å². The van der Waals surface area contributed by atoms with Gasteiger partial charge in [-0.3, -0.25) is 0 Å². The van der Waals surface area contributed by atoms with E-state index >= 15 is 0 Å². The lowest BCUT2D eigenvalue weighted by Crippen LogP contribution is -1.90. The molecule has 0 radical (unpaired) electrons. The Kier molecular flexibility index (Phi) is 2.65. The van der Waals surface area contributed by atoms with Crippen LogP contribution in [-0.4, -0.2) is 21.6 Å². The average Bonchev–Trinajstić information content (AvgIpc) is 2.75. The first-order valence-electron chi connectivity index (χ1n) is 4.26. The average molecular weight is 226 g/mol. The van der Waals surface area contributed by atoms with E-state index in [1.165, 1.54) is 11.5 Å². The number of methoxy groups -OCH3 is 1. The van der Waals surface area contributed by atoms with Gasteiger partial charge in [-0.05, 0) is 18.5 Å². The van der Waals surface area contributed by atoms with E-state index in [4.69, 9.17) is 15.0 Å². The van der Waals surface area contributed by atoms with E-state index in [1.54, 1.807) is 7.11 Å². The number of hydrogen-bond donors (Lipinski definition) is 1. The van der Waals surface area contributed by atoms with Crippen molar-refractivity contribution in [3.63, 3.8) is 0 Å². The highest BCUT2D eigenvalue weighted by Crippen LogP contribution is 2.30. The van der Waals surface area contributed by atoms with Gasteiger partial charge < -0.3 is 15.0 Å². The van der Waals surface area contributed by atoms with Crippen molar-refractivity contribution >= 4 is 16.5 Å². The van der Waals surface area contributed by atoms with Crippen LogP contribution in [0.5, 0.6) is 0 Å². The minimum atomic E-state index is 0.319. The minimum absolute atomic E-state index is 0.319. The highest BCUT2D eigenvalue weighted by atomic mass is 32.1. The summed E-state index contributed by atoms with van der Waals surface area (Å²) in [6.07, 6.45) is 0. The molecule has 6 nitrogen and oxygen atoms in total. The number of nitrogens with zero attached hydrogens (tertiary/aromatic N) is 3. The zero-order valence-corrected chi connectivity index (χ0v) is 9.17. The number of aromatic nitrogens is 3. The fourth-order valence-corrected chi connectivity index (χ4v) is 1.84. The molecular weight excluding hydrogens is 216 g/mol. The molecule has 2 N–H and O–H groups in total. The maximum atomic E-state index is 5.75. The third-order valence-corrected chi connectivity index (χ3v) is 2.61. The smallest absolute Gasteiger partial charge is 0.262 e. The van der Waals surface area contributed by atoms with Gasteiger partial charge in [0.15, 0.2) is 5.82 Å². The largest absolute Gasteiger partial charge is 0.389 e. The molecule has 0 spiro atoms. The highest BCUT2D eigenvalue weighted by molar-refractivity contribution is 7.10. The minimum Gasteiger partial charge on any atom is -0.389 e. The summed E-state index contributed by atoms with van der Waals surface area (Å²) in [5.41, 5.74) is 7.27. The normalized spacial score (nSPS) is 10.8. The molecule has 80 valence electrons. The molecule has 0 unspecified atom stereocenters. The fraction of sp³-hybridized carbons (Fsp3) is 0.375. The quantitative estimate of drug-likeness (QED) is 0.846. The van der Waals surface area contributed by atoms with Crippen LogP contribution < -0.4 is 5.73 Å². The number of nitrogens with two attached hydrogens (primary N) is 1. The van der Waals surface area contributed by atoms with E-state index in [0.29, 0.717) is 23.3 Å². The van der Waals surface area contributed by atoms with Crippen molar-refractivity contribution in [2.75, 3.05) is 12.8 Å². The predicted molar refractivity (Wildman–Crippen MR) is 55.3 cm³/mol. The number of rotatable bonds is 3. The van der Waals surface area contributed by atoms with Crippen LogP contribution >= 0.6 is 11.5 Å². The molecule has 2 rings (SSSR count). The maximum absolute atomic E-state index is 5.75. The number of anilines is 1. The van der Waals surface area contributed by atoms with Crippen LogP contribution in [-0.2, 0) is 11.3 Å². The van der Waals surface area contributed by atoms with Gasteiger partial charge in [0.2, 0.25) is 0 Å². The lowest BCUT2D eigenvalue weighted by molar-refractivity contribution is 0.174. The summed E-state index contributed by atoms with van der Waals surface area (Å²) in [5, 5.41) is 4.34. The van der Waals surface area contributed by atoms with Crippen molar-refractivity contribution in [2.45, 2.75) is 13.5 Å².